The molecular formula is C12H9BrCl2N2O2S. The van der Waals surface area contributed by atoms with Crippen LogP contribution in [0, 0.1) is 0 Å². The van der Waals surface area contributed by atoms with Gasteiger partial charge < -0.3 is 0 Å². The van der Waals surface area contributed by atoms with Gasteiger partial charge in [0.15, 0.2) is 0 Å². The Morgan fingerprint density at radius 2 is 1.90 bits per heavy atom. The quantitative estimate of drug-likeness (QED) is 0.859. The molecule has 2 aromatic rings. The average molecular weight is 396 g/mol. The second-order valence-electron chi connectivity index (χ2n) is 3.88. The molecule has 0 spiro atoms. The topological polar surface area (TPSA) is 59.1 Å². The fourth-order valence-corrected chi connectivity index (χ4v) is 4.49. The molecule has 1 aromatic carbocycles. The molecule has 106 valence electrons. The van der Waals surface area contributed by atoms with Crippen LogP contribution in [0.25, 0.3) is 0 Å². The Hall–Kier alpha value is -0.660. The van der Waals surface area contributed by atoms with Crippen molar-refractivity contribution in [1.29, 1.82) is 0 Å². The molecule has 0 radical (unpaired) electrons. The number of nitrogens with one attached hydrogen (secondary N) is 1. The lowest BCUT2D eigenvalue weighted by Crippen LogP contribution is -2.24. The highest BCUT2D eigenvalue weighted by Gasteiger charge is 2.22. The summed E-state index contributed by atoms with van der Waals surface area (Å²) < 4.78 is 27.5. The van der Waals surface area contributed by atoms with Gasteiger partial charge in [0.05, 0.1) is 10.0 Å². The number of hydrogen-bond acceptors (Lipinski definition) is 3. The van der Waals surface area contributed by atoms with Gasteiger partial charge in [-0.05, 0) is 23.8 Å². The van der Waals surface area contributed by atoms with E-state index in [4.69, 9.17) is 23.2 Å². The minimum atomic E-state index is -3.80. The molecule has 8 heteroatoms. The Morgan fingerprint density at radius 3 is 2.45 bits per heavy atom. The Kier molecular flexibility index (Phi) is 5.04. The van der Waals surface area contributed by atoms with Crippen molar-refractivity contribution in [2.24, 2.45) is 0 Å². The van der Waals surface area contributed by atoms with Crippen LogP contribution in [-0.4, -0.2) is 13.4 Å². The summed E-state index contributed by atoms with van der Waals surface area (Å²) in [5.74, 6) is 0. The van der Waals surface area contributed by atoms with Crippen molar-refractivity contribution in [3.05, 3.63) is 56.7 Å². The molecule has 1 aromatic heterocycles. The molecule has 0 atom stereocenters. The third-order valence-electron chi connectivity index (χ3n) is 2.42. The maximum atomic E-state index is 12.2. The van der Waals surface area contributed by atoms with Crippen LogP contribution in [0.2, 0.25) is 10.0 Å². The van der Waals surface area contributed by atoms with Crippen LogP contribution in [0.15, 0.2) is 46.0 Å². The van der Waals surface area contributed by atoms with E-state index in [1.165, 1.54) is 12.1 Å². The van der Waals surface area contributed by atoms with Crippen molar-refractivity contribution in [2.45, 2.75) is 11.4 Å². The van der Waals surface area contributed by atoms with Crippen LogP contribution in [-0.2, 0) is 16.6 Å². The maximum absolute atomic E-state index is 12.2. The Labute approximate surface area is 135 Å². The van der Waals surface area contributed by atoms with Crippen LogP contribution in [0.1, 0.15) is 5.56 Å². The molecule has 4 nitrogen and oxygen atoms in total. The Bertz CT molecular complexity index is 700. The van der Waals surface area contributed by atoms with E-state index < -0.39 is 10.0 Å². The summed E-state index contributed by atoms with van der Waals surface area (Å²) in [6.07, 6.45) is 3.19. The van der Waals surface area contributed by atoms with E-state index in [0.717, 1.165) is 5.56 Å². The number of nitrogens with zero attached hydrogens (tertiary/aromatic N) is 1. The zero-order valence-corrected chi connectivity index (χ0v) is 13.9. The van der Waals surface area contributed by atoms with Gasteiger partial charge in [0.25, 0.3) is 0 Å². The second kappa shape index (κ2) is 6.41. The minimum absolute atomic E-state index is 0.0584. The van der Waals surface area contributed by atoms with Gasteiger partial charge in [-0.1, -0.05) is 45.2 Å². The number of sulfonamides is 1. The average Bonchev–Trinajstić information content (AvgIpc) is 2.36. The molecule has 0 saturated heterocycles. The lowest BCUT2D eigenvalue weighted by Gasteiger charge is -2.10. The first kappa shape index (κ1) is 15.7. The Balaban J connectivity index is 2.28. The molecule has 2 rings (SSSR count). The van der Waals surface area contributed by atoms with Crippen LogP contribution in [0.4, 0.5) is 0 Å². The van der Waals surface area contributed by atoms with Gasteiger partial charge in [-0.2, -0.15) is 0 Å². The van der Waals surface area contributed by atoms with E-state index in [9.17, 15) is 8.42 Å². The molecule has 0 aliphatic heterocycles. The molecule has 0 amide bonds. The van der Waals surface area contributed by atoms with Gasteiger partial charge in [-0.25, -0.2) is 13.1 Å². The molecule has 0 bridgehead atoms. The van der Waals surface area contributed by atoms with E-state index in [1.54, 1.807) is 24.5 Å². The molecule has 1 heterocycles. The number of aromatic nitrogens is 1. The van der Waals surface area contributed by atoms with E-state index >= 15 is 0 Å². The van der Waals surface area contributed by atoms with Crippen molar-refractivity contribution in [1.82, 2.24) is 9.71 Å². The monoisotopic (exact) mass is 394 g/mol. The fraction of sp³-hybridized carbons (Fsp3) is 0.0833. The normalized spacial score (nSPS) is 11.6. The summed E-state index contributed by atoms with van der Waals surface area (Å²) >= 11 is 15.1. The molecule has 20 heavy (non-hydrogen) atoms. The van der Waals surface area contributed by atoms with Gasteiger partial charge >= 0.3 is 0 Å². The van der Waals surface area contributed by atoms with Crippen LogP contribution >= 0.6 is 39.1 Å². The van der Waals surface area contributed by atoms with Crippen LogP contribution in [0.5, 0.6) is 0 Å². The molecular weight excluding hydrogens is 387 g/mol. The van der Waals surface area contributed by atoms with Gasteiger partial charge in [-0.15, -0.1) is 0 Å². The zero-order chi connectivity index (χ0) is 14.8. The van der Waals surface area contributed by atoms with Crippen molar-refractivity contribution in [3.8, 4) is 0 Å². The highest BCUT2D eigenvalue weighted by Crippen LogP contribution is 2.32. The van der Waals surface area contributed by atoms with Crippen LogP contribution in [0.3, 0.4) is 0 Å². The van der Waals surface area contributed by atoms with Crippen LogP contribution < -0.4 is 4.72 Å². The standard InChI is InChI=1S/C12H9BrCl2N2O2S/c13-9-4-10(14)12(11(15)5-9)20(18,19)17-7-8-2-1-3-16-6-8/h1-6,17H,7H2. The summed E-state index contributed by atoms with van der Waals surface area (Å²) in [5, 5.41) is 0.117. The first-order chi connectivity index (χ1) is 9.40. The molecule has 0 unspecified atom stereocenters. The molecule has 0 aliphatic rings. The van der Waals surface area contributed by atoms with E-state index in [0.29, 0.717) is 4.47 Å². The predicted octanol–water partition coefficient (Wildman–Crippen LogP) is 3.63. The summed E-state index contributed by atoms with van der Waals surface area (Å²) in [6, 6.07) is 6.45. The van der Waals surface area contributed by atoms with Gasteiger partial charge in [0.1, 0.15) is 4.90 Å². The smallest absolute Gasteiger partial charge is 0.243 e. The summed E-state index contributed by atoms with van der Waals surface area (Å²) in [4.78, 5) is 3.78. The molecule has 1 N–H and O–H groups in total. The SMILES string of the molecule is O=S(=O)(NCc1cccnc1)c1c(Cl)cc(Br)cc1Cl. The van der Waals surface area contributed by atoms with E-state index in [2.05, 4.69) is 25.6 Å². The van der Waals surface area contributed by atoms with E-state index in [1.807, 2.05) is 0 Å². The lowest BCUT2D eigenvalue weighted by molar-refractivity contribution is 0.581. The highest BCUT2D eigenvalue weighted by atomic mass is 79.9. The van der Waals surface area contributed by atoms with Crippen molar-refractivity contribution in [2.75, 3.05) is 0 Å². The Morgan fingerprint density at radius 1 is 1.25 bits per heavy atom. The van der Waals surface area contributed by atoms with Gasteiger partial charge in [0.2, 0.25) is 10.0 Å². The third kappa shape index (κ3) is 3.71. The molecule has 0 saturated carbocycles. The van der Waals surface area contributed by atoms with Gasteiger partial charge in [0, 0.05) is 23.4 Å². The summed E-state index contributed by atoms with van der Waals surface area (Å²) in [5.41, 5.74) is 0.737. The number of benzene rings is 1. The van der Waals surface area contributed by atoms with E-state index in [-0.39, 0.29) is 21.5 Å². The van der Waals surface area contributed by atoms with Gasteiger partial charge in [-0.3, -0.25) is 4.98 Å². The maximum Gasteiger partial charge on any atom is 0.243 e. The molecule has 0 aliphatic carbocycles. The largest absolute Gasteiger partial charge is 0.264 e. The molecule has 0 fully saturated rings. The number of rotatable bonds is 4. The van der Waals surface area contributed by atoms with Crippen molar-refractivity contribution in [3.63, 3.8) is 0 Å². The number of hydrogen-bond donors (Lipinski definition) is 1. The zero-order valence-electron chi connectivity index (χ0n) is 9.98. The van der Waals surface area contributed by atoms with Crippen molar-refractivity contribution >= 4 is 49.2 Å². The number of halogens is 3. The first-order valence-electron chi connectivity index (χ1n) is 5.43. The fourth-order valence-electron chi connectivity index (χ4n) is 1.54. The number of pyridine rings is 1. The summed E-state index contributed by atoms with van der Waals surface area (Å²) in [6.45, 7) is 0.110. The predicted molar refractivity (Wildman–Crippen MR) is 82.4 cm³/mol. The lowest BCUT2D eigenvalue weighted by atomic mass is 10.3. The third-order valence-corrected chi connectivity index (χ3v) is 5.20. The first-order valence-corrected chi connectivity index (χ1v) is 8.46. The second-order valence-corrected chi connectivity index (χ2v) is 7.32. The minimum Gasteiger partial charge on any atom is -0.264 e. The summed E-state index contributed by atoms with van der Waals surface area (Å²) in [7, 11) is -3.80. The van der Waals surface area contributed by atoms with Crippen molar-refractivity contribution < 1.29 is 8.42 Å². The highest BCUT2D eigenvalue weighted by molar-refractivity contribution is 9.10.